The molecule has 1 aliphatic heterocycles. The van der Waals surface area contributed by atoms with Crippen LogP contribution < -0.4 is 10.6 Å². The van der Waals surface area contributed by atoms with Gasteiger partial charge in [-0.2, -0.15) is 0 Å². The quantitative estimate of drug-likeness (QED) is 0.763. The molecule has 1 fully saturated rings. The summed E-state index contributed by atoms with van der Waals surface area (Å²) in [4.78, 5) is 11.8. The zero-order chi connectivity index (χ0) is 13.0. The molecule has 2 atom stereocenters. The molecular weight excluding hydrogens is 228 g/mol. The number of phenols is 1. The molecule has 1 aromatic rings. The van der Waals surface area contributed by atoms with Crippen molar-refractivity contribution in [2.45, 2.75) is 38.3 Å². The maximum Gasteiger partial charge on any atom is 0.237 e. The van der Waals surface area contributed by atoms with Crippen LogP contribution in [0.5, 0.6) is 5.75 Å². The molecule has 0 spiro atoms. The Morgan fingerprint density at radius 1 is 1.39 bits per heavy atom. The maximum atomic E-state index is 11.8. The van der Waals surface area contributed by atoms with Crippen molar-refractivity contribution in [2.75, 3.05) is 6.54 Å². The van der Waals surface area contributed by atoms with E-state index in [0.717, 1.165) is 31.4 Å². The van der Waals surface area contributed by atoms with Crippen molar-refractivity contribution in [2.24, 2.45) is 0 Å². The van der Waals surface area contributed by atoms with Gasteiger partial charge in [0.1, 0.15) is 5.75 Å². The van der Waals surface area contributed by atoms with E-state index >= 15 is 0 Å². The molecule has 1 amide bonds. The molecule has 2 rings (SSSR count). The van der Waals surface area contributed by atoms with Crippen LogP contribution in [-0.4, -0.2) is 23.6 Å². The third-order valence-corrected chi connectivity index (χ3v) is 3.39. The molecule has 1 aliphatic rings. The van der Waals surface area contributed by atoms with Crippen LogP contribution in [0, 0.1) is 0 Å². The van der Waals surface area contributed by atoms with Crippen LogP contribution in [0.15, 0.2) is 24.3 Å². The predicted octanol–water partition coefficient (Wildman–Crippen LogP) is 1.71. The zero-order valence-corrected chi connectivity index (χ0v) is 10.6. The van der Waals surface area contributed by atoms with Crippen molar-refractivity contribution in [1.82, 2.24) is 10.6 Å². The fourth-order valence-electron chi connectivity index (χ4n) is 2.34. The van der Waals surface area contributed by atoms with E-state index in [2.05, 4.69) is 10.6 Å². The summed E-state index contributed by atoms with van der Waals surface area (Å²) >= 11 is 0. The number of rotatable bonds is 3. The van der Waals surface area contributed by atoms with Crippen molar-refractivity contribution >= 4 is 5.91 Å². The van der Waals surface area contributed by atoms with Crippen LogP contribution in [-0.2, 0) is 4.79 Å². The van der Waals surface area contributed by atoms with E-state index in [1.165, 1.54) is 0 Å². The number of benzene rings is 1. The van der Waals surface area contributed by atoms with Crippen molar-refractivity contribution in [1.29, 1.82) is 0 Å². The Labute approximate surface area is 107 Å². The Morgan fingerprint density at radius 2 is 2.17 bits per heavy atom. The minimum absolute atomic E-state index is 0.0416. The molecule has 0 radical (unpaired) electrons. The average molecular weight is 248 g/mol. The number of nitrogens with one attached hydrogen (secondary N) is 2. The fourth-order valence-corrected chi connectivity index (χ4v) is 2.34. The van der Waals surface area contributed by atoms with E-state index < -0.39 is 0 Å². The van der Waals surface area contributed by atoms with Gasteiger partial charge in [-0.3, -0.25) is 10.1 Å². The lowest BCUT2D eigenvalue weighted by Gasteiger charge is -2.21. The molecule has 0 aliphatic carbocycles. The summed E-state index contributed by atoms with van der Waals surface area (Å²) < 4.78 is 0. The Hall–Kier alpha value is -1.55. The lowest BCUT2D eigenvalue weighted by molar-refractivity contribution is -0.123. The second-order valence-electron chi connectivity index (χ2n) is 4.79. The topological polar surface area (TPSA) is 61.4 Å². The molecule has 1 aromatic carbocycles. The van der Waals surface area contributed by atoms with Gasteiger partial charge in [-0.25, -0.2) is 0 Å². The van der Waals surface area contributed by atoms with E-state index in [9.17, 15) is 9.90 Å². The minimum atomic E-state index is -0.165. The maximum absolute atomic E-state index is 11.8. The first-order valence-electron chi connectivity index (χ1n) is 6.50. The summed E-state index contributed by atoms with van der Waals surface area (Å²) in [5.74, 6) is 0.335. The Kier molecular flexibility index (Phi) is 4.20. The largest absolute Gasteiger partial charge is 0.508 e. The van der Waals surface area contributed by atoms with Gasteiger partial charge in [0.15, 0.2) is 0 Å². The summed E-state index contributed by atoms with van der Waals surface area (Å²) in [6.07, 6.45) is 2.93. The number of hydrogen-bond acceptors (Lipinski definition) is 3. The summed E-state index contributed by atoms with van der Waals surface area (Å²) in [5, 5.41) is 16.0. The lowest BCUT2D eigenvalue weighted by Crippen LogP contribution is -2.43. The molecule has 4 nitrogen and oxygen atoms in total. The Balaban J connectivity index is 2.04. The molecular formula is C14H20N2O2. The first kappa shape index (κ1) is 12.9. The summed E-state index contributed by atoms with van der Waals surface area (Å²) in [6.45, 7) is 2.73. The molecule has 1 saturated heterocycles. The SMILES string of the molecule is CC(NC1CCCCNC1=O)c1ccccc1O. The highest BCUT2D eigenvalue weighted by Crippen LogP contribution is 2.24. The molecule has 3 N–H and O–H groups in total. The third kappa shape index (κ3) is 3.01. The summed E-state index contributed by atoms with van der Waals surface area (Å²) in [5.41, 5.74) is 0.828. The average Bonchev–Trinajstić information content (AvgIpc) is 2.55. The van der Waals surface area contributed by atoms with E-state index in [4.69, 9.17) is 0 Å². The summed E-state index contributed by atoms with van der Waals surface area (Å²) in [7, 11) is 0. The van der Waals surface area contributed by atoms with Crippen LogP contribution in [0.3, 0.4) is 0 Å². The monoisotopic (exact) mass is 248 g/mol. The number of carbonyl (C=O) groups excluding carboxylic acids is 1. The van der Waals surface area contributed by atoms with Crippen LogP contribution in [0.4, 0.5) is 0 Å². The van der Waals surface area contributed by atoms with E-state index in [-0.39, 0.29) is 23.7 Å². The number of carbonyl (C=O) groups is 1. The molecule has 1 heterocycles. The minimum Gasteiger partial charge on any atom is -0.508 e. The van der Waals surface area contributed by atoms with Gasteiger partial charge in [0.25, 0.3) is 0 Å². The normalized spacial score (nSPS) is 22.1. The number of para-hydroxylation sites is 1. The van der Waals surface area contributed by atoms with Gasteiger partial charge in [-0.15, -0.1) is 0 Å². The molecule has 0 bridgehead atoms. The van der Waals surface area contributed by atoms with Crippen LogP contribution in [0.2, 0.25) is 0 Å². The molecule has 0 aromatic heterocycles. The van der Waals surface area contributed by atoms with Gasteiger partial charge in [-0.05, 0) is 32.3 Å². The second-order valence-corrected chi connectivity index (χ2v) is 4.79. The van der Waals surface area contributed by atoms with Crippen molar-refractivity contribution in [3.63, 3.8) is 0 Å². The highest BCUT2D eigenvalue weighted by atomic mass is 16.3. The molecule has 18 heavy (non-hydrogen) atoms. The van der Waals surface area contributed by atoms with Crippen LogP contribution in [0.25, 0.3) is 0 Å². The Morgan fingerprint density at radius 3 is 2.94 bits per heavy atom. The van der Waals surface area contributed by atoms with Gasteiger partial charge < -0.3 is 10.4 Å². The van der Waals surface area contributed by atoms with E-state index in [0.29, 0.717) is 0 Å². The van der Waals surface area contributed by atoms with Crippen molar-refractivity contribution in [3.8, 4) is 5.75 Å². The standard InChI is InChI=1S/C14H20N2O2/c1-10(11-6-2-3-8-13(11)17)16-12-7-4-5-9-15-14(12)18/h2-3,6,8,10,12,16-17H,4-5,7,9H2,1H3,(H,15,18). The van der Waals surface area contributed by atoms with Crippen molar-refractivity contribution < 1.29 is 9.90 Å². The third-order valence-electron chi connectivity index (χ3n) is 3.39. The lowest BCUT2D eigenvalue weighted by atomic mass is 10.0. The number of hydrogen-bond donors (Lipinski definition) is 3. The van der Waals surface area contributed by atoms with Gasteiger partial charge in [-0.1, -0.05) is 18.2 Å². The van der Waals surface area contributed by atoms with Crippen LogP contribution >= 0.6 is 0 Å². The zero-order valence-electron chi connectivity index (χ0n) is 10.6. The first-order chi connectivity index (χ1) is 8.68. The number of amides is 1. The van der Waals surface area contributed by atoms with Gasteiger partial charge in [0, 0.05) is 18.2 Å². The molecule has 98 valence electrons. The fraction of sp³-hybridized carbons (Fsp3) is 0.500. The molecule has 2 unspecified atom stereocenters. The Bertz CT molecular complexity index is 420. The molecule has 0 saturated carbocycles. The second kappa shape index (κ2) is 5.87. The van der Waals surface area contributed by atoms with E-state index in [1.54, 1.807) is 12.1 Å². The van der Waals surface area contributed by atoms with Gasteiger partial charge >= 0.3 is 0 Å². The van der Waals surface area contributed by atoms with Crippen LogP contribution in [0.1, 0.15) is 37.8 Å². The van der Waals surface area contributed by atoms with E-state index in [1.807, 2.05) is 19.1 Å². The van der Waals surface area contributed by atoms with Gasteiger partial charge in [0.05, 0.1) is 6.04 Å². The summed E-state index contributed by atoms with van der Waals surface area (Å²) in [6, 6.07) is 7.02. The highest BCUT2D eigenvalue weighted by molar-refractivity contribution is 5.82. The number of aromatic hydroxyl groups is 1. The van der Waals surface area contributed by atoms with Crippen molar-refractivity contribution in [3.05, 3.63) is 29.8 Å². The predicted molar refractivity (Wildman–Crippen MR) is 70.3 cm³/mol. The molecule has 4 heteroatoms. The number of phenolic OH excluding ortho intramolecular Hbond substituents is 1. The van der Waals surface area contributed by atoms with Gasteiger partial charge in [0.2, 0.25) is 5.91 Å². The highest BCUT2D eigenvalue weighted by Gasteiger charge is 2.23. The smallest absolute Gasteiger partial charge is 0.237 e. The first-order valence-corrected chi connectivity index (χ1v) is 6.50.